The van der Waals surface area contributed by atoms with Gasteiger partial charge in [0.25, 0.3) is 0 Å². The van der Waals surface area contributed by atoms with Crippen LogP contribution in [0.5, 0.6) is 0 Å². The molecule has 1 heterocycles. The summed E-state index contributed by atoms with van der Waals surface area (Å²) in [4.78, 5) is 5.46. The fourth-order valence-corrected chi connectivity index (χ4v) is 4.06. The zero-order valence-electron chi connectivity index (χ0n) is 12.5. The first-order valence-corrected chi connectivity index (χ1v) is 8.62. The highest BCUT2D eigenvalue weighted by Gasteiger charge is 2.15. The van der Waals surface area contributed by atoms with Crippen LogP contribution >= 0.6 is 11.8 Å². The third kappa shape index (κ3) is 4.01. The molecule has 2 nitrogen and oxygen atoms in total. The van der Waals surface area contributed by atoms with E-state index >= 15 is 0 Å². The predicted octanol–water partition coefficient (Wildman–Crippen LogP) is 5.29. The molecule has 1 saturated carbocycles. The number of anilines is 1. The third-order valence-electron chi connectivity index (χ3n) is 4.05. The highest BCUT2D eigenvalue weighted by Crippen LogP contribution is 2.35. The summed E-state index contributed by atoms with van der Waals surface area (Å²) >= 11 is 2.04. The Kier molecular flexibility index (Phi) is 4.81. The number of benzene rings is 1. The molecule has 1 aliphatic rings. The minimum atomic E-state index is 0.293. The van der Waals surface area contributed by atoms with Crippen molar-refractivity contribution in [3.05, 3.63) is 54.4 Å². The van der Waals surface area contributed by atoms with Crippen molar-refractivity contribution in [2.45, 2.75) is 48.8 Å². The minimum absolute atomic E-state index is 0.293. The van der Waals surface area contributed by atoms with Crippen molar-refractivity contribution in [1.82, 2.24) is 4.98 Å². The summed E-state index contributed by atoms with van der Waals surface area (Å²) < 4.78 is 0. The van der Waals surface area contributed by atoms with E-state index in [1.54, 1.807) is 0 Å². The first-order chi connectivity index (χ1) is 10.3. The lowest BCUT2D eigenvalue weighted by atomic mass is 10.1. The van der Waals surface area contributed by atoms with Gasteiger partial charge in [-0.1, -0.05) is 12.8 Å². The van der Waals surface area contributed by atoms with E-state index in [0.717, 1.165) is 5.25 Å². The van der Waals surface area contributed by atoms with Crippen LogP contribution in [0.25, 0.3) is 0 Å². The van der Waals surface area contributed by atoms with Crippen LogP contribution in [-0.4, -0.2) is 10.2 Å². The zero-order valence-corrected chi connectivity index (χ0v) is 13.3. The number of pyridine rings is 1. The van der Waals surface area contributed by atoms with Crippen LogP contribution < -0.4 is 5.32 Å². The van der Waals surface area contributed by atoms with E-state index < -0.39 is 0 Å². The molecule has 1 aromatic carbocycles. The molecular weight excluding hydrogens is 276 g/mol. The second-order valence-corrected chi connectivity index (χ2v) is 7.07. The lowest BCUT2D eigenvalue weighted by molar-refractivity contribution is 0.880. The summed E-state index contributed by atoms with van der Waals surface area (Å²) in [5.41, 5.74) is 2.43. The smallest absolute Gasteiger partial charge is 0.0486 e. The quantitative estimate of drug-likeness (QED) is 0.812. The first kappa shape index (κ1) is 14.5. The number of hydrogen-bond donors (Lipinski definition) is 1. The molecule has 1 N–H and O–H groups in total. The van der Waals surface area contributed by atoms with Gasteiger partial charge in [-0.15, -0.1) is 11.8 Å². The number of rotatable bonds is 5. The van der Waals surface area contributed by atoms with Crippen LogP contribution in [0.4, 0.5) is 5.69 Å². The van der Waals surface area contributed by atoms with Crippen molar-refractivity contribution in [1.29, 1.82) is 0 Å². The molecule has 0 radical (unpaired) electrons. The van der Waals surface area contributed by atoms with E-state index in [4.69, 9.17) is 0 Å². The zero-order chi connectivity index (χ0) is 14.5. The van der Waals surface area contributed by atoms with Gasteiger partial charge in [-0.3, -0.25) is 4.98 Å². The van der Waals surface area contributed by atoms with E-state index in [2.05, 4.69) is 53.6 Å². The van der Waals surface area contributed by atoms with Crippen LogP contribution in [0, 0.1) is 0 Å². The Morgan fingerprint density at radius 2 is 1.71 bits per heavy atom. The first-order valence-electron chi connectivity index (χ1n) is 7.74. The fraction of sp³-hybridized carbons (Fsp3) is 0.389. The second kappa shape index (κ2) is 6.99. The molecule has 0 spiro atoms. The van der Waals surface area contributed by atoms with E-state index in [0.29, 0.717) is 6.04 Å². The van der Waals surface area contributed by atoms with Crippen LogP contribution in [0.2, 0.25) is 0 Å². The van der Waals surface area contributed by atoms with Crippen LogP contribution in [0.15, 0.2) is 53.7 Å². The monoisotopic (exact) mass is 298 g/mol. The number of thioether (sulfide) groups is 1. The van der Waals surface area contributed by atoms with Gasteiger partial charge in [0.15, 0.2) is 0 Å². The molecule has 0 bridgehead atoms. The van der Waals surface area contributed by atoms with Gasteiger partial charge >= 0.3 is 0 Å². The lowest BCUT2D eigenvalue weighted by Gasteiger charge is -2.16. The Bertz CT molecular complexity index is 547. The molecule has 3 heteroatoms. The van der Waals surface area contributed by atoms with Crippen molar-refractivity contribution >= 4 is 17.4 Å². The number of hydrogen-bond acceptors (Lipinski definition) is 3. The van der Waals surface area contributed by atoms with Crippen molar-refractivity contribution in [3.63, 3.8) is 0 Å². The van der Waals surface area contributed by atoms with Gasteiger partial charge in [-0.2, -0.15) is 0 Å². The average molecular weight is 298 g/mol. The Balaban J connectivity index is 1.59. The van der Waals surface area contributed by atoms with Gasteiger partial charge in [0.2, 0.25) is 0 Å². The Morgan fingerprint density at radius 1 is 1.05 bits per heavy atom. The molecule has 1 fully saturated rings. The second-order valence-electron chi connectivity index (χ2n) is 5.70. The molecule has 1 aliphatic carbocycles. The van der Waals surface area contributed by atoms with Gasteiger partial charge < -0.3 is 5.32 Å². The molecule has 21 heavy (non-hydrogen) atoms. The fourth-order valence-electron chi connectivity index (χ4n) is 2.81. The Labute approximate surface area is 131 Å². The van der Waals surface area contributed by atoms with Crippen molar-refractivity contribution in [2.75, 3.05) is 5.32 Å². The lowest BCUT2D eigenvalue weighted by Crippen LogP contribution is -2.06. The highest BCUT2D eigenvalue weighted by molar-refractivity contribution is 8.00. The maximum absolute atomic E-state index is 4.06. The van der Waals surface area contributed by atoms with Crippen molar-refractivity contribution < 1.29 is 0 Å². The van der Waals surface area contributed by atoms with E-state index in [9.17, 15) is 0 Å². The van der Waals surface area contributed by atoms with Gasteiger partial charge in [-0.05, 0) is 61.7 Å². The van der Waals surface area contributed by atoms with Gasteiger partial charge in [0.1, 0.15) is 0 Å². The largest absolute Gasteiger partial charge is 0.379 e. The predicted molar refractivity (Wildman–Crippen MR) is 90.8 cm³/mol. The maximum atomic E-state index is 4.06. The Morgan fingerprint density at radius 3 is 2.38 bits per heavy atom. The molecule has 1 atom stereocenters. The molecule has 1 unspecified atom stereocenters. The van der Waals surface area contributed by atoms with E-state index in [1.807, 2.05) is 24.2 Å². The highest BCUT2D eigenvalue weighted by atomic mass is 32.2. The summed E-state index contributed by atoms with van der Waals surface area (Å²) in [6.07, 6.45) is 9.25. The third-order valence-corrected chi connectivity index (χ3v) is 5.40. The number of nitrogens with one attached hydrogen (secondary N) is 1. The van der Waals surface area contributed by atoms with Crippen molar-refractivity contribution in [2.24, 2.45) is 0 Å². The van der Waals surface area contributed by atoms with Crippen LogP contribution in [0.1, 0.15) is 44.2 Å². The van der Waals surface area contributed by atoms with Gasteiger partial charge in [0, 0.05) is 34.3 Å². The van der Waals surface area contributed by atoms with Crippen LogP contribution in [-0.2, 0) is 0 Å². The molecule has 0 aliphatic heterocycles. The van der Waals surface area contributed by atoms with E-state index in [-0.39, 0.29) is 0 Å². The molecule has 3 rings (SSSR count). The summed E-state index contributed by atoms with van der Waals surface area (Å²) in [7, 11) is 0. The molecule has 0 saturated heterocycles. The molecule has 1 aromatic heterocycles. The van der Waals surface area contributed by atoms with E-state index in [1.165, 1.54) is 41.8 Å². The Hall–Kier alpha value is -1.48. The maximum Gasteiger partial charge on any atom is 0.0486 e. The standard InChI is InChI=1S/C18H22N2S/c1-14(15-10-12-19-13-11-15)20-16-6-8-18(9-7-16)21-17-4-2-3-5-17/h6-14,17,20H,2-5H2,1H3. The summed E-state index contributed by atoms with van der Waals surface area (Å²) in [6, 6.07) is 13.3. The number of nitrogens with zero attached hydrogens (tertiary/aromatic N) is 1. The number of aromatic nitrogens is 1. The summed E-state index contributed by atoms with van der Waals surface area (Å²) in [5.74, 6) is 0. The average Bonchev–Trinajstić information content (AvgIpc) is 3.03. The van der Waals surface area contributed by atoms with Gasteiger partial charge in [-0.25, -0.2) is 0 Å². The summed E-state index contributed by atoms with van der Waals surface area (Å²) in [6.45, 7) is 2.18. The molecular formula is C18H22N2S. The molecule has 0 amide bonds. The summed E-state index contributed by atoms with van der Waals surface area (Å²) in [5, 5.41) is 4.37. The molecule has 110 valence electrons. The van der Waals surface area contributed by atoms with Crippen LogP contribution in [0.3, 0.4) is 0 Å². The molecule has 2 aromatic rings. The minimum Gasteiger partial charge on any atom is -0.379 e. The SMILES string of the molecule is CC(Nc1ccc(SC2CCCC2)cc1)c1ccncc1. The normalized spacial score (nSPS) is 16.8. The van der Waals surface area contributed by atoms with Crippen molar-refractivity contribution in [3.8, 4) is 0 Å². The topological polar surface area (TPSA) is 24.9 Å². The van der Waals surface area contributed by atoms with Gasteiger partial charge in [0.05, 0.1) is 0 Å².